The highest BCUT2D eigenvalue weighted by Crippen LogP contribution is 2.31. The number of hydrogen-bond acceptors (Lipinski definition) is 3. The Morgan fingerprint density at radius 1 is 1.53 bits per heavy atom. The Kier molecular flexibility index (Phi) is 2.73. The van der Waals surface area contributed by atoms with Crippen molar-refractivity contribution in [2.24, 2.45) is 0 Å². The number of allylic oxidation sites excluding steroid dienone is 1. The molecule has 1 aliphatic carbocycles. The second-order valence-corrected chi connectivity index (χ2v) is 4.04. The van der Waals surface area contributed by atoms with Gasteiger partial charge in [0.2, 0.25) is 0 Å². The van der Waals surface area contributed by atoms with Crippen LogP contribution in [0.1, 0.15) is 30.4 Å². The molecule has 0 radical (unpaired) electrons. The fourth-order valence-electron chi connectivity index (χ4n) is 2.11. The molecule has 3 heteroatoms. The van der Waals surface area contributed by atoms with Crippen LogP contribution in [0.25, 0.3) is 5.57 Å². The second-order valence-electron chi connectivity index (χ2n) is 4.04. The van der Waals surface area contributed by atoms with E-state index in [9.17, 15) is 5.11 Å². The molecule has 1 atom stereocenters. The lowest BCUT2D eigenvalue weighted by molar-refractivity contribution is 0.206. The van der Waals surface area contributed by atoms with Crippen LogP contribution >= 0.6 is 0 Å². The number of aromatic nitrogens is 1. The van der Waals surface area contributed by atoms with Gasteiger partial charge in [-0.25, -0.2) is 4.98 Å². The maximum atomic E-state index is 9.59. The van der Waals surface area contributed by atoms with Crippen molar-refractivity contribution in [1.29, 1.82) is 0 Å². The molecule has 0 aromatic carbocycles. The summed E-state index contributed by atoms with van der Waals surface area (Å²) in [5.41, 5.74) is 9.14. The molecule has 15 heavy (non-hydrogen) atoms. The first-order valence-electron chi connectivity index (χ1n) is 5.28. The minimum absolute atomic E-state index is 0.326. The Balaban J connectivity index is 2.45. The van der Waals surface area contributed by atoms with Gasteiger partial charge in [-0.1, -0.05) is 6.08 Å². The summed E-state index contributed by atoms with van der Waals surface area (Å²) >= 11 is 0. The van der Waals surface area contributed by atoms with Gasteiger partial charge < -0.3 is 10.8 Å². The standard InChI is InChI=1S/C12H16N2O/c1-8-5-6-14-12(13)11(8)9-3-2-4-10(15)7-9/h5-7,10,15H,2-4H2,1H3,(H2,13,14). The first-order valence-corrected chi connectivity index (χ1v) is 5.28. The number of aliphatic hydroxyl groups is 1. The maximum Gasteiger partial charge on any atom is 0.131 e. The smallest absolute Gasteiger partial charge is 0.131 e. The Hall–Kier alpha value is -1.35. The molecule has 1 aliphatic rings. The number of pyridine rings is 1. The van der Waals surface area contributed by atoms with Crippen molar-refractivity contribution in [2.75, 3.05) is 5.73 Å². The third kappa shape index (κ3) is 2.02. The Morgan fingerprint density at radius 2 is 2.33 bits per heavy atom. The van der Waals surface area contributed by atoms with E-state index in [2.05, 4.69) is 4.98 Å². The number of nitrogens with zero attached hydrogens (tertiary/aromatic N) is 1. The lowest BCUT2D eigenvalue weighted by Gasteiger charge is -2.19. The molecule has 1 heterocycles. The summed E-state index contributed by atoms with van der Waals surface area (Å²) in [5.74, 6) is 0.565. The molecule has 0 aliphatic heterocycles. The molecular weight excluding hydrogens is 188 g/mol. The number of anilines is 1. The van der Waals surface area contributed by atoms with Crippen LogP contribution in [0.3, 0.4) is 0 Å². The maximum absolute atomic E-state index is 9.59. The fraction of sp³-hybridized carbons (Fsp3) is 0.417. The highest BCUT2D eigenvalue weighted by molar-refractivity contribution is 5.76. The van der Waals surface area contributed by atoms with Crippen molar-refractivity contribution in [2.45, 2.75) is 32.3 Å². The molecule has 2 rings (SSSR count). The van der Waals surface area contributed by atoms with Gasteiger partial charge in [-0.3, -0.25) is 0 Å². The molecule has 80 valence electrons. The van der Waals surface area contributed by atoms with E-state index in [0.717, 1.165) is 36.0 Å². The average molecular weight is 204 g/mol. The van der Waals surface area contributed by atoms with E-state index in [-0.39, 0.29) is 6.10 Å². The van der Waals surface area contributed by atoms with Crippen molar-refractivity contribution in [1.82, 2.24) is 4.98 Å². The SMILES string of the molecule is Cc1ccnc(N)c1C1=CC(O)CCC1. The van der Waals surface area contributed by atoms with Gasteiger partial charge in [0.15, 0.2) is 0 Å². The van der Waals surface area contributed by atoms with E-state index in [0.29, 0.717) is 5.82 Å². The number of hydrogen-bond donors (Lipinski definition) is 2. The van der Waals surface area contributed by atoms with Crippen molar-refractivity contribution in [3.05, 3.63) is 29.5 Å². The lowest BCUT2D eigenvalue weighted by Crippen LogP contribution is -2.10. The first kappa shape index (κ1) is 10.2. The highest BCUT2D eigenvalue weighted by atomic mass is 16.3. The lowest BCUT2D eigenvalue weighted by atomic mass is 9.90. The van der Waals surface area contributed by atoms with E-state index in [1.807, 2.05) is 19.1 Å². The molecule has 0 amide bonds. The van der Waals surface area contributed by atoms with E-state index in [1.165, 1.54) is 0 Å². The molecule has 0 spiro atoms. The molecule has 1 aromatic rings. The monoisotopic (exact) mass is 204 g/mol. The summed E-state index contributed by atoms with van der Waals surface area (Å²) in [5, 5.41) is 9.59. The van der Waals surface area contributed by atoms with Crippen molar-refractivity contribution in [3.63, 3.8) is 0 Å². The van der Waals surface area contributed by atoms with Gasteiger partial charge in [0.1, 0.15) is 5.82 Å². The normalized spacial score (nSPS) is 21.2. The van der Waals surface area contributed by atoms with Gasteiger partial charge in [0, 0.05) is 11.8 Å². The number of nitrogens with two attached hydrogens (primary N) is 1. The quantitative estimate of drug-likeness (QED) is 0.734. The molecule has 0 saturated carbocycles. The van der Waals surface area contributed by atoms with Crippen LogP contribution in [-0.4, -0.2) is 16.2 Å². The Labute approximate surface area is 89.6 Å². The van der Waals surface area contributed by atoms with E-state index in [1.54, 1.807) is 6.20 Å². The van der Waals surface area contributed by atoms with Gasteiger partial charge in [0.25, 0.3) is 0 Å². The molecule has 0 saturated heterocycles. The predicted octanol–water partition coefficient (Wildman–Crippen LogP) is 1.90. The predicted molar refractivity (Wildman–Crippen MR) is 61.2 cm³/mol. The summed E-state index contributed by atoms with van der Waals surface area (Å²) in [4.78, 5) is 4.10. The minimum Gasteiger partial charge on any atom is -0.389 e. The van der Waals surface area contributed by atoms with Crippen LogP contribution < -0.4 is 5.73 Å². The molecular formula is C12H16N2O. The van der Waals surface area contributed by atoms with E-state index >= 15 is 0 Å². The van der Waals surface area contributed by atoms with Gasteiger partial charge in [0.05, 0.1) is 6.10 Å². The molecule has 0 bridgehead atoms. The van der Waals surface area contributed by atoms with Crippen molar-refractivity contribution < 1.29 is 5.11 Å². The third-order valence-corrected chi connectivity index (χ3v) is 2.85. The van der Waals surface area contributed by atoms with Crippen LogP contribution in [0.5, 0.6) is 0 Å². The minimum atomic E-state index is -0.326. The van der Waals surface area contributed by atoms with Crippen LogP contribution in [-0.2, 0) is 0 Å². The summed E-state index contributed by atoms with van der Waals surface area (Å²) in [6.07, 6.45) is 6.14. The van der Waals surface area contributed by atoms with Gasteiger partial charge in [-0.15, -0.1) is 0 Å². The molecule has 0 fully saturated rings. The zero-order chi connectivity index (χ0) is 10.8. The average Bonchev–Trinajstić information content (AvgIpc) is 2.17. The van der Waals surface area contributed by atoms with E-state index < -0.39 is 0 Å². The first-order chi connectivity index (χ1) is 7.18. The summed E-state index contributed by atoms with van der Waals surface area (Å²) in [7, 11) is 0. The zero-order valence-corrected chi connectivity index (χ0v) is 8.90. The van der Waals surface area contributed by atoms with Crippen molar-refractivity contribution >= 4 is 11.4 Å². The van der Waals surface area contributed by atoms with Gasteiger partial charge in [-0.2, -0.15) is 0 Å². The summed E-state index contributed by atoms with van der Waals surface area (Å²) in [6.45, 7) is 2.02. The molecule has 3 N–H and O–H groups in total. The number of aliphatic hydroxyl groups excluding tert-OH is 1. The number of aryl methyl sites for hydroxylation is 1. The fourth-order valence-corrected chi connectivity index (χ4v) is 2.11. The molecule has 1 aromatic heterocycles. The topological polar surface area (TPSA) is 59.1 Å². The van der Waals surface area contributed by atoms with Gasteiger partial charge >= 0.3 is 0 Å². The Bertz CT molecular complexity index is 378. The summed E-state index contributed by atoms with van der Waals surface area (Å²) < 4.78 is 0. The van der Waals surface area contributed by atoms with Gasteiger partial charge in [-0.05, 0) is 43.4 Å². The van der Waals surface area contributed by atoms with Crippen LogP contribution in [0.2, 0.25) is 0 Å². The summed E-state index contributed by atoms with van der Waals surface area (Å²) in [6, 6.07) is 1.95. The number of rotatable bonds is 1. The van der Waals surface area contributed by atoms with Crippen LogP contribution in [0.4, 0.5) is 5.82 Å². The molecule has 1 unspecified atom stereocenters. The highest BCUT2D eigenvalue weighted by Gasteiger charge is 2.16. The third-order valence-electron chi connectivity index (χ3n) is 2.85. The zero-order valence-electron chi connectivity index (χ0n) is 8.90. The van der Waals surface area contributed by atoms with Crippen molar-refractivity contribution in [3.8, 4) is 0 Å². The Morgan fingerprint density at radius 3 is 3.00 bits per heavy atom. The number of nitrogen functional groups attached to an aromatic ring is 1. The van der Waals surface area contributed by atoms with Crippen LogP contribution in [0.15, 0.2) is 18.3 Å². The van der Waals surface area contributed by atoms with E-state index in [4.69, 9.17) is 5.73 Å². The largest absolute Gasteiger partial charge is 0.389 e. The van der Waals surface area contributed by atoms with Crippen LogP contribution in [0, 0.1) is 6.92 Å². The molecule has 3 nitrogen and oxygen atoms in total. The second kappa shape index (κ2) is 4.03.